The maximum Gasteiger partial charge on any atom is 0.224 e. The number of likely N-dealkylation sites (N-methyl/N-ethyl adjacent to an activating group) is 1. The minimum absolute atomic E-state index is 0.0585. The summed E-state index contributed by atoms with van der Waals surface area (Å²) in [4.78, 5) is 13.8. The minimum atomic E-state index is -0.0585. The van der Waals surface area contributed by atoms with Crippen molar-refractivity contribution in [2.75, 3.05) is 31.2 Å². The van der Waals surface area contributed by atoms with E-state index in [1.807, 2.05) is 18.9 Å². The molecule has 0 bridgehead atoms. The van der Waals surface area contributed by atoms with E-state index >= 15 is 0 Å². The Morgan fingerprint density at radius 3 is 2.85 bits per heavy atom. The zero-order chi connectivity index (χ0) is 15.1. The fourth-order valence-corrected chi connectivity index (χ4v) is 1.81. The van der Waals surface area contributed by atoms with Gasteiger partial charge < -0.3 is 21.1 Å². The van der Waals surface area contributed by atoms with Crippen LogP contribution in [0, 0.1) is 0 Å². The van der Waals surface area contributed by atoms with Crippen molar-refractivity contribution in [3.63, 3.8) is 0 Å². The van der Waals surface area contributed by atoms with E-state index in [9.17, 15) is 4.79 Å². The molecule has 6 heteroatoms. The van der Waals surface area contributed by atoms with Gasteiger partial charge in [0.1, 0.15) is 0 Å². The number of hydrogen-bond acceptors (Lipinski definition) is 4. The van der Waals surface area contributed by atoms with E-state index in [1.54, 1.807) is 18.2 Å². The van der Waals surface area contributed by atoms with Gasteiger partial charge in [-0.2, -0.15) is 0 Å². The molecular weight excluding hydrogens is 278 g/mol. The maximum absolute atomic E-state index is 11.8. The van der Waals surface area contributed by atoms with Gasteiger partial charge in [-0.15, -0.1) is 0 Å². The molecule has 1 rings (SSSR count). The minimum Gasteiger partial charge on any atom is -0.397 e. The van der Waals surface area contributed by atoms with Crippen LogP contribution in [0.3, 0.4) is 0 Å². The molecule has 1 unspecified atom stereocenters. The average Bonchev–Trinajstić information content (AvgIpc) is 2.41. The van der Waals surface area contributed by atoms with Gasteiger partial charge in [0.05, 0.1) is 17.3 Å². The number of nitrogens with two attached hydrogens (primary N) is 1. The Labute approximate surface area is 124 Å². The van der Waals surface area contributed by atoms with E-state index < -0.39 is 0 Å². The number of aliphatic hydroxyl groups is 1. The van der Waals surface area contributed by atoms with E-state index in [0.717, 1.165) is 13.0 Å². The van der Waals surface area contributed by atoms with Crippen LogP contribution in [0.2, 0.25) is 5.02 Å². The lowest BCUT2D eigenvalue weighted by Crippen LogP contribution is -2.33. The highest BCUT2D eigenvalue weighted by atomic mass is 35.5. The van der Waals surface area contributed by atoms with E-state index in [0.29, 0.717) is 22.8 Å². The first-order valence-electron chi connectivity index (χ1n) is 6.60. The van der Waals surface area contributed by atoms with Crippen LogP contribution in [0.25, 0.3) is 0 Å². The summed E-state index contributed by atoms with van der Waals surface area (Å²) in [5.74, 6) is -0.0585. The van der Waals surface area contributed by atoms with Crippen molar-refractivity contribution < 1.29 is 9.90 Å². The number of anilines is 2. The third-order valence-corrected chi connectivity index (χ3v) is 3.56. The summed E-state index contributed by atoms with van der Waals surface area (Å²) >= 11 is 5.82. The van der Waals surface area contributed by atoms with Crippen molar-refractivity contribution in [1.82, 2.24) is 4.90 Å². The third-order valence-electron chi connectivity index (χ3n) is 3.21. The van der Waals surface area contributed by atoms with Gasteiger partial charge >= 0.3 is 0 Å². The number of amides is 1. The van der Waals surface area contributed by atoms with Gasteiger partial charge in [0.25, 0.3) is 0 Å². The van der Waals surface area contributed by atoms with Crippen LogP contribution in [-0.4, -0.2) is 42.2 Å². The van der Waals surface area contributed by atoms with Crippen molar-refractivity contribution >= 4 is 28.9 Å². The summed E-state index contributed by atoms with van der Waals surface area (Å²) in [6.07, 6.45) is 1.15. The molecule has 112 valence electrons. The molecule has 1 amide bonds. The molecule has 1 aromatic rings. The first-order chi connectivity index (χ1) is 9.43. The molecule has 0 saturated heterocycles. The normalized spacial score (nSPS) is 12.4. The SMILES string of the molecule is CC(CO)N(C)CCCC(=O)Nc1ccc(Cl)c(N)c1. The van der Waals surface area contributed by atoms with Gasteiger partial charge in [-0.1, -0.05) is 11.6 Å². The Hall–Kier alpha value is -1.30. The monoisotopic (exact) mass is 299 g/mol. The van der Waals surface area contributed by atoms with Gasteiger partial charge in [-0.3, -0.25) is 4.79 Å². The molecule has 0 heterocycles. The van der Waals surface area contributed by atoms with Crippen molar-refractivity contribution in [2.24, 2.45) is 0 Å². The van der Waals surface area contributed by atoms with Crippen molar-refractivity contribution in [1.29, 1.82) is 0 Å². The highest BCUT2D eigenvalue weighted by Crippen LogP contribution is 2.22. The van der Waals surface area contributed by atoms with Gasteiger partial charge in [0.2, 0.25) is 5.91 Å². The van der Waals surface area contributed by atoms with E-state index in [2.05, 4.69) is 5.32 Å². The predicted molar refractivity (Wildman–Crippen MR) is 82.9 cm³/mol. The predicted octanol–water partition coefficient (Wildman–Crippen LogP) is 1.95. The first kappa shape index (κ1) is 16.8. The number of hydrogen-bond donors (Lipinski definition) is 3. The lowest BCUT2D eigenvalue weighted by atomic mass is 10.2. The van der Waals surface area contributed by atoms with Crippen LogP contribution < -0.4 is 11.1 Å². The Balaban J connectivity index is 2.35. The second kappa shape index (κ2) is 8.09. The van der Waals surface area contributed by atoms with Crippen LogP contribution in [-0.2, 0) is 4.79 Å². The molecule has 0 aliphatic heterocycles. The number of nitrogen functional groups attached to an aromatic ring is 1. The quantitative estimate of drug-likeness (QED) is 0.673. The zero-order valence-electron chi connectivity index (χ0n) is 11.9. The van der Waals surface area contributed by atoms with E-state index in [1.165, 1.54) is 0 Å². The Bertz CT molecular complexity index is 454. The van der Waals surface area contributed by atoms with Crippen molar-refractivity contribution in [3.8, 4) is 0 Å². The molecule has 0 saturated carbocycles. The van der Waals surface area contributed by atoms with Crippen LogP contribution >= 0.6 is 11.6 Å². The Morgan fingerprint density at radius 2 is 2.25 bits per heavy atom. The van der Waals surface area contributed by atoms with E-state index in [-0.39, 0.29) is 18.6 Å². The number of carbonyl (C=O) groups is 1. The molecule has 0 spiro atoms. The molecule has 20 heavy (non-hydrogen) atoms. The molecule has 0 aliphatic carbocycles. The van der Waals surface area contributed by atoms with Gasteiger partial charge in [-0.25, -0.2) is 0 Å². The van der Waals surface area contributed by atoms with Gasteiger partial charge in [-0.05, 0) is 45.1 Å². The molecule has 1 aromatic carbocycles. The largest absolute Gasteiger partial charge is 0.397 e. The van der Waals surface area contributed by atoms with Crippen LogP contribution in [0.4, 0.5) is 11.4 Å². The number of nitrogens with one attached hydrogen (secondary N) is 1. The standard InChI is InChI=1S/C14H22ClN3O2/c1-10(9-19)18(2)7-3-4-14(20)17-11-5-6-12(15)13(16)8-11/h5-6,8,10,19H,3-4,7,9,16H2,1-2H3,(H,17,20). The Morgan fingerprint density at radius 1 is 1.55 bits per heavy atom. The molecule has 4 N–H and O–H groups in total. The number of benzene rings is 1. The Kier molecular flexibility index (Phi) is 6.78. The number of halogens is 1. The highest BCUT2D eigenvalue weighted by Gasteiger charge is 2.09. The first-order valence-corrected chi connectivity index (χ1v) is 6.97. The van der Waals surface area contributed by atoms with Crippen LogP contribution in [0.1, 0.15) is 19.8 Å². The maximum atomic E-state index is 11.8. The fourth-order valence-electron chi connectivity index (χ4n) is 1.69. The van der Waals surface area contributed by atoms with E-state index in [4.69, 9.17) is 22.4 Å². The summed E-state index contributed by atoms with van der Waals surface area (Å²) in [6.45, 7) is 2.82. The second-order valence-electron chi connectivity index (χ2n) is 4.90. The van der Waals surface area contributed by atoms with Crippen molar-refractivity contribution in [3.05, 3.63) is 23.2 Å². The molecule has 1 atom stereocenters. The third kappa shape index (κ3) is 5.36. The zero-order valence-corrected chi connectivity index (χ0v) is 12.7. The summed E-state index contributed by atoms with van der Waals surface area (Å²) in [7, 11) is 1.93. The van der Waals surface area contributed by atoms with Crippen LogP contribution in [0.5, 0.6) is 0 Å². The molecule has 0 fully saturated rings. The number of aliphatic hydroxyl groups excluding tert-OH is 1. The van der Waals surface area contributed by atoms with Gasteiger partial charge in [0.15, 0.2) is 0 Å². The number of carbonyl (C=O) groups excluding carboxylic acids is 1. The number of rotatable bonds is 7. The summed E-state index contributed by atoms with van der Waals surface area (Å²) in [5, 5.41) is 12.3. The molecular formula is C14H22ClN3O2. The summed E-state index contributed by atoms with van der Waals surface area (Å²) < 4.78 is 0. The summed E-state index contributed by atoms with van der Waals surface area (Å²) in [5.41, 5.74) is 6.76. The average molecular weight is 300 g/mol. The lowest BCUT2D eigenvalue weighted by Gasteiger charge is -2.22. The lowest BCUT2D eigenvalue weighted by molar-refractivity contribution is -0.116. The molecule has 5 nitrogen and oxygen atoms in total. The van der Waals surface area contributed by atoms with Gasteiger partial charge in [0, 0.05) is 18.2 Å². The number of nitrogens with zero attached hydrogens (tertiary/aromatic N) is 1. The molecule has 0 aromatic heterocycles. The second-order valence-corrected chi connectivity index (χ2v) is 5.31. The molecule has 0 radical (unpaired) electrons. The topological polar surface area (TPSA) is 78.6 Å². The summed E-state index contributed by atoms with van der Waals surface area (Å²) in [6, 6.07) is 5.12. The smallest absolute Gasteiger partial charge is 0.224 e. The fraction of sp³-hybridized carbons (Fsp3) is 0.500. The van der Waals surface area contributed by atoms with Crippen molar-refractivity contribution in [2.45, 2.75) is 25.8 Å². The molecule has 0 aliphatic rings. The van der Waals surface area contributed by atoms with Crippen LogP contribution in [0.15, 0.2) is 18.2 Å². The highest BCUT2D eigenvalue weighted by molar-refractivity contribution is 6.33.